The van der Waals surface area contributed by atoms with Crippen molar-refractivity contribution in [3.05, 3.63) is 94.6 Å². The lowest BCUT2D eigenvalue weighted by Gasteiger charge is -2.10. The monoisotopic (exact) mass is 439 g/mol. The topological polar surface area (TPSA) is 91.2 Å². The fourth-order valence-electron chi connectivity index (χ4n) is 3.07. The largest absolute Gasteiger partial charge is 0.484 e. The van der Waals surface area contributed by atoms with E-state index in [9.17, 15) is 14.9 Å². The molecular weight excluding hydrogens is 414 g/mol. The van der Waals surface area contributed by atoms with E-state index in [4.69, 9.17) is 4.74 Å². The molecule has 0 atom stereocenters. The first-order valence-electron chi connectivity index (χ1n) is 10.4. The smallest absolute Gasteiger partial charge is 0.266 e. The van der Waals surface area contributed by atoms with Gasteiger partial charge in [-0.3, -0.25) is 9.59 Å². The van der Waals surface area contributed by atoms with Crippen LogP contribution in [0.2, 0.25) is 0 Å². The molecule has 0 bridgehead atoms. The fraction of sp³-hybridized carbons (Fsp3) is 0.148. The van der Waals surface area contributed by atoms with Crippen LogP contribution in [0.25, 0.3) is 6.08 Å². The molecule has 166 valence electrons. The number of rotatable bonds is 7. The molecule has 0 heterocycles. The zero-order valence-electron chi connectivity index (χ0n) is 18.8. The van der Waals surface area contributed by atoms with Crippen molar-refractivity contribution in [2.45, 2.75) is 20.8 Å². The first-order chi connectivity index (χ1) is 15.9. The van der Waals surface area contributed by atoms with Gasteiger partial charge in [-0.2, -0.15) is 5.26 Å². The first kappa shape index (κ1) is 23.3. The van der Waals surface area contributed by atoms with Crippen LogP contribution in [0.5, 0.6) is 5.75 Å². The summed E-state index contributed by atoms with van der Waals surface area (Å²) < 4.78 is 5.58. The molecule has 0 aromatic heterocycles. The number of hydrogen-bond acceptors (Lipinski definition) is 4. The van der Waals surface area contributed by atoms with Gasteiger partial charge in [-0.15, -0.1) is 0 Å². The van der Waals surface area contributed by atoms with Crippen molar-refractivity contribution in [3.63, 3.8) is 0 Å². The number of carbonyl (C=O) groups excluding carboxylic acids is 2. The Morgan fingerprint density at radius 2 is 1.70 bits per heavy atom. The van der Waals surface area contributed by atoms with E-state index in [1.165, 1.54) is 6.08 Å². The Labute approximate surface area is 193 Å². The maximum absolute atomic E-state index is 12.6. The number of carbonyl (C=O) groups is 2. The van der Waals surface area contributed by atoms with Crippen LogP contribution in [0.15, 0.2) is 72.3 Å². The molecule has 2 amide bonds. The Morgan fingerprint density at radius 3 is 2.42 bits per heavy atom. The van der Waals surface area contributed by atoms with Crippen LogP contribution in [0.3, 0.4) is 0 Å². The highest BCUT2D eigenvalue weighted by atomic mass is 16.5. The molecule has 0 fully saturated rings. The van der Waals surface area contributed by atoms with Crippen LogP contribution < -0.4 is 15.4 Å². The quantitative estimate of drug-likeness (QED) is 0.392. The zero-order valence-corrected chi connectivity index (χ0v) is 18.8. The second kappa shape index (κ2) is 10.8. The van der Waals surface area contributed by atoms with Gasteiger partial charge in [0, 0.05) is 11.4 Å². The molecule has 0 aliphatic heterocycles. The summed E-state index contributed by atoms with van der Waals surface area (Å²) in [7, 11) is 0. The fourth-order valence-corrected chi connectivity index (χ4v) is 3.07. The number of nitrogens with zero attached hydrogens (tertiary/aromatic N) is 1. The molecule has 2 N–H and O–H groups in total. The summed E-state index contributed by atoms with van der Waals surface area (Å²) in [5.74, 6) is -0.324. The predicted octanol–water partition coefficient (Wildman–Crippen LogP) is 5.18. The molecule has 3 rings (SSSR count). The van der Waals surface area contributed by atoms with Crippen molar-refractivity contribution in [3.8, 4) is 11.8 Å². The van der Waals surface area contributed by atoms with Crippen molar-refractivity contribution in [1.29, 1.82) is 5.26 Å². The molecule has 0 saturated heterocycles. The van der Waals surface area contributed by atoms with Gasteiger partial charge in [0.25, 0.3) is 11.8 Å². The minimum Gasteiger partial charge on any atom is -0.484 e. The average Bonchev–Trinajstić information content (AvgIpc) is 2.81. The lowest BCUT2D eigenvalue weighted by molar-refractivity contribution is -0.118. The summed E-state index contributed by atoms with van der Waals surface area (Å²) in [6.45, 7) is 5.68. The number of ether oxygens (including phenoxy) is 1. The van der Waals surface area contributed by atoms with Crippen LogP contribution in [-0.2, 0) is 9.59 Å². The SMILES string of the molecule is Cc1ccc(NC(=O)COc2cccc(/C=C(/C#N)C(=O)Nc3cccc(C)c3C)c2)cc1. The molecule has 6 nitrogen and oxygen atoms in total. The lowest BCUT2D eigenvalue weighted by atomic mass is 10.1. The van der Waals surface area contributed by atoms with Gasteiger partial charge in [-0.05, 0) is 73.9 Å². The zero-order chi connectivity index (χ0) is 23.8. The van der Waals surface area contributed by atoms with Crippen LogP contribution in [0, 0.1) is 32.1 Å². The van der Waals surface area contributed by atoms with Crippen molar-refractivity contribution < 1.29 is 14.3 Å². The molecule has 0 aliphatic rings. The van der Waals surface area contributed by atoms with E-state index in [2.05, 4.69) is 10.6 Å². The van der Waals surface area contributed by atoms with E-state index in [-0.39, 0.29) is 18.1 Å². The summed E-state index contributed by atoms with van der Waals surface area (Å²) in [6.07, 6.45) is 1.49. The van der Waals surface area contributed by atoms with Gasteiger partial charge >= 0.3 is 0 Å². The normalized spacial score (nSPS) is 10.8. The Bertz CT molecular complexity index is 1240. The number of aryl methyl sites for hydroxylation is 2. The van der Waals surface area contributed by atoms with E-state index < -0.39 is 5.91 Å². The van der Waals surface area contributed by atoms with E-state index in [1.54, 1.807) is 30.3 Å². The number of anilines is 2. The highest BCUT2D eigenvalue weighted by molar-refractivity contribution is 6.10. The third kappa shape index (κ3) is 6.55. The summed E-state index contributed by atoms with van der Waals surface area (Å²) in [5.41, 5.74) is 5.03. The van der Waals surface area contributed by atoms with Crippen molar-refractivity contribution in [2.75, 3.05) is 17.2 Å². The van der Waals surface area contributed by atoms with Gasteiger partial charge in [-0.25, -0.2) is 0 Å². The lowest BCUT2D eigenvalue weighted by Crippen LogP contribution is -2.20. The predicted molar refractivity (Wildman–Crippen MR) is 130 cm³/mol. The second-order valence-electron chi connectivity index (χ2n) is 7.65. The molecule has 33 heavy (non-hydrogen) atoms. The minimum atomic E-state index is -0.491. The molecule has 0 radical (unpaired) electrons. The van der Waals surface area contributed by atoms with Crippen LogP contribution in [-0.4, -0.2) is 18.4 Å². The third-order valence-corrected chi connectivity index (χ3v) is 5.09. The van der Waals surface area contributed by atoms with Crippen molar-refractivity contribution in [1.82, 2.24) is 0 Å². The Hall–Kier alpha value is -4.37. The average molecular weight is 440 g/mol. The number of nitriles is 1. The van der Waals surface area contributed by atoms with Gasteiger partial charge in [-0.1, -0.05) is 42.0 Å². The minimum absolute atomic E-state index is 0.0369. The van der Waals surface area contributed by atoms with E-state index in [0.717, 1.165) is 16.7 Å². The maximum Gasteiger partial charge on any atom is 0.266 e. The van der Waals surface area contributed by atoms with Gasteiger partial charge in [0.15, 0.2) is 6.61 Å². The summed E-state index contributed by atoms with van der Waals surface area (Å²) in [5, 5.41) is 15.1. The summed E-state index contributed by atoms with van der Waals surface area (Å²) >= 11 is 0. The highest BCUT2D eigenvalue weighted by Gasteiger charge is 2.12. The highest BCUT2D eigenvalue weighted by Crippen LogP contribution is 2.20. The Kier molecular flexibility index (Phi) is 7.61. The van der Waals surface area contributed by atoms with Crippen LogP contribution in [0.1, 0.15) is 22.3 Å². The van der Waals surface area contributed by atoms with Crippen molar-refractivity contribution in [2.24, 2.45) is 0 Å². The molecular formula is C27H25N3O3. The number of nitrogens with one attached hydrogen (secondary N) is 2. The standard InChI is InChI=1S/C27H25N3O3/c1-18-10-12-23(13-11-18)29-26(31)17-33-24-8-5-7-21(15-24)14-22(16-28)27(32)30-25-9-4-6-19(2)20(25)3/h4-15H,17H2,1-3H3,(H,29,31)(H,30,32)/b22-14-. The van der Waals surface area contributed by atoms with E-state index in [1.807, 2.05) is 63.2 Å². The Morgan fingerprint density at radius 1 is 0.970 bits per heavy atom. The van der Waals surface area contributed by atoms with Crippen LogP contribution in [0.4, 0.5) is 11.4 Å². The number of benzene rings is 3. The van der Waals surface area contributed by atoms with Crippen LogP contribution >= 0.6 is 0 Å². The molecule has 3 aromatic carbocycles. The van der Waals surface area contributed by atoms with E-state index >= 15 is 0 Å². The maximum atomic E-state index is 12.6. The molecule has 0 aliphatic carbocycles. The van der Waals surface area contributed by atoms with Gasteiger partial charge in [0.1, 0.15) is 17.4 Å². The molecule has 0 saturated carbocycles. The summed E-state index contributed by atoms with van der Waals surface area (Å²) in [6, 6.07) is 21.9. The molecule has 6 heteroatoms. The molecule has 0 unspecified atom stereocenters. The Balaban J connectivity index is 1.65. The second-order valence-corrected chi connectivity index (χ2v) is 7.65. The molecule has 3 aromatic rings. The number of amides is 2. The molecule has 0 spiro atoms. The third-order valence-electron chi connectivity index (χ3n) is 5.09. The van der Waals surface area contributed by atoms with Gasteiger partial charge in [0.05, 0.1) is 0 Å². The number of hydrogen-bond donors (Lipinski definition) is 2. The van der Waals surface area contributed by atoms with Gasteiger partial charge < -0.3 is 15.4 Å². The first-order valence-corrected chi connectivity index (χ1v) is 10.4. The van der Waals surface area contributed by atoms with Gasteiger partial charge in [0.2, 0.25) is 0 Å². The van der Waals surface area contributed by atoms with E-state index in [0.29, 0.717) is 22.7 Å². The van der Waals surface area contributed by atoms with Crippen molar-refractivity contribution >= 4 is 29.3 Å². The summed E-state index contributed by atoms with van der Waals surface area (Å²) in [4.78, 5) is 24.8.